The van der Waals surface area contributed by atoms with Crippen molar-refractivity contribution in [1.82, 2.24) is 0 Å². The van der Waals surface area contributed by atoms with Crippen molar-refractivity contribution in [2.24, 2.45) is 11.8 Å². The van der Waals surface area contributed by atoms with Gasteiger partial charge in [0.25, 0.3) is 8.32 Å². The van der Waals surface area contributed by atoms with Crippen LogP contribution < -0.4 is 10.4 Å². The molecule has 0 amide bonds. The van der Waals surface area contributed by atoms with Gasteiger partial charge < -0.3 is 9.16 Å². The molecule has 0 spiro atoms. The smallest absolute Gasteiger partial charge is 0.302 e. The molecule has 0 saturated heterocycles. The van der Waals surface area contributed by atoms with Crippen molar-refractivity contribution in [2.45, 2.75) is 45.6 Å². The zero-order chi connectivity index (χ0) is 21.6. The predicted molar refractivity (Wildman–Crippen MR) is 126 cm³/mol. The van der Waals surface area contributed by atoms with Crippen molar-refractivity contribution in [3.63, 3.8) is 0 Å². The van der Waals surface area contributed by atoms with Crippen LogP contribution >= 0.6 is 0 Å². The normalized spacial score (nSPS) is 19.5. The molecule has 0 unspecified atom stereocenters. The highest BCUT2D eigenvalue weighted by atomic mass is 28.4. The number of carbonyl (C=O) groups excluding carboxylic acids is 1. The first-order chi connectivity index (χ1) is 14.3. The Balaban J connectivity index is 1.95. The zero-order valence-electron chi connectivity index (χ0n) is 18.6. The number of ether oxygens (including phenoxy) is 1. The summed E-state index contributed by atoms with van der Waals surface area (Å²) in [7, 11) is -2.54. The van der Waals surface area contributed by atoms with Gasteiger partial charge in [0.05, 0.1) is 6.61 Å². The van der Waals surface area contributed by atoms with E-state index in [9.17, 15) is 4.79 Å². The Labute approximate surface area is 182 Å². The van der Waals surface area contributed by atoms with E-state index < -0.39 is 8.32 Å². The molecule has 3 nitrogen and oxygen atoms in total. The number of rotatable bonds is 7. The van der Waals surface area contributed by atoms with Gasteiger partial charge in [-0.25, -0.2) is 0 Å². The molecule has 30 heavy (non-hydrogen) atoms. The molecule has 2 aromatic carbocycles. The molecular formula is C26H34O3Si. The Morgan fingerprint density at radius 1 is 0.867 bits per heavy atom. The molecule has 0 radical (unpaired) electrons. The second kappa shape index (κ2) is 9.76. The van der Waals surface area contributed by atoms with Gasteiger partial charge in [-0.05, 0) is 34.2 Å². The highest BCUT2D eigenvalue weighted by Gasteiger charge is 2.50. The molecule has 3 rings (SSSR count). The fourth-order valence-corrected chi connectivity index (χ4v) is 9.17. The van der Waals surface area contributed by atoms with Gasteiger partial charge in [-0.1, -0.05) is 93.6 Å². The van der Waals surface area contributed by atoms with Gasteiger partial charge >= 0.3 is 5.97 Å². The maximum absolute atomic E-state index is 11.3. The third kappa shape index (κ3) is 4.93. The Morgan fingerprint density at radius 2 is 1.33 bits per heavy atom. The SMILES string of the molecule is CC(=O)OC[C@H]1CC=CC[C@H]1CO[Si](c1ccccc1)(c1ccccc1)C(C)(C)C. The van der Waals surface area contributed by atoms with Crippen molar-refractivity contribution < 1.29 is 14.0 Å². The van der Waals surface area contributed by atoms with Crippen LogP contribution in [0.2, 0.25) is 5.04 Å². The summed E-state index contributed by atoms with van der Waals surface area (Å²) >= 11 is 0. The summed E-state index contributed by atoms with van der Waals surface area (Å²) in [5.41, 5.74) is 0. The zero-order valence-corrected chi connectivity index (χ0v) is 19.6. The van der Waals surface area contributed by atoms with Crippen LogP contribution in [0.3, 0.4) is 0 Å². The first-order valence-corrected chi connectivity index (χ1v) is 12.8. The average Bonchev–Trinajstić information content (AvgIpc) is 2.74. The van der Waals surface area contributed by atoms with Crippen LogP contribution in [-0.2, 0) is 14.0 Å². The van der Waals surface area contributed by atoms with Crippen molar-refractivity contribution >= 4 is 24.7 Å². The van der Waals surface area contributed by atoms with Gasteiger partial charge in [0.2, 0.25) is 0 Å². The summed E-state index contributed by atoms with van der Waals surface area (Å²) in [5.74, 6) is 0.435. The molecule has 0 fully saturated rings. The molecular weight excluding hydrogens is 388 g/mol. The minimum Gasteiger partial charge on any atom is -0.466 e. The molecule has 0 aromatic heterocycles. The molecule has 2 aromatic rings. The molecule has 0 saturated carbocycles. The van der Waals surface area contributed by atoms with Gasteiger partial charge in [0.15, 0.2) is 0 Å². The lowest BCUT2D eigenvalue weighted by Crippen LogP contribution is -2.67. The van der Waals surface area contributed by atoms with Crippen LogP contribution in [0.4, 0.5) is 0 Å². The van der Waals surface area contributed by atoms with Crippen molar-refractivity contribution in [2.75, 3.05) is 13.2 Å². The molecule has 0 bridgehead atoms. The van der Waals surface area contributed by atoms with Crippen LogP contribution in [0.25, 0.3) is 0 Å². The maximum Gasteiger partial charge on any atom is 0.302 e. The molecule has 2 atom stereocenters. The van der Waals surface area contributed by atoms with Gasteiger partial charge in [0.1, 0.15) is 0 Å². The van der Waals surface area contributed by atoms with E-state index >= 15 is 0 Å². The van der Waals surface area contributed by atoms with Crippen LogP contribution in [0.1, 0.15) is 40.5 Å². The van der Waals surface area contributed by atoms with Crippen molar-refractivity contribution in [3.05, 3.63) is 72.8 Å². The standard InChI is InChI=1S/C26H34O3Si/c1-21(27)28-19-22-13-11-12-14-23(22)20-29-30(26(2,3)4,24-15-7-5-8-16-24)25-17-9-6-10-18-25/h5-12,15-18,22-23H,13-14,19-20H2,1-4H3/t22-,23+/m1/s1. The first kappa shape index (κ1) is 22.5. The highest BCUT2D eigenvalue weighted by molar-refractivity contribution is 6.99. The fourth-order valence-electron chi connectivity index (χ4n) is 4.55. The molecule has 160 valence electrons. The summed E-state index contributed by atoms with van der Waals surface area (Å²) in [6, 6.07) is 21.5. The van der Waals surface area contributed by atoms with E-state index in [0.29, 0.717) is 25.0 Å². The first-order valence-electron chi connectivity index (χ1n) is 10.9. The summed E-state index contributed by atoms with van der Waals surface area (Å²) in [4.78, 5) is 11.3. The van der Waals surface area contributed by atoms with Crippen LogP contribution in [0.5, 0.6) is 0 Å². The fraction of sp³-hybridized carbons (Fsp3) is 0.423. The largest absolute Gasteiger partial charge is 0.466 e. The number of esters is 1. The van der Waals surface area contributed by atoms with Crippen molar-refractivity contribution in [3.8, 4) is 0 Å². The monoisotopic (exact) mass is 422 g/mol. The van der Waals surface area contributed by atoms with E-state index in [1.165, 1.54) is 17.3 Å². The second-order valence-electron chi connectivity index (χ2n) is 9.24. The Kier molecular flexibility index (Phi) is 7.32. The topological polar surface area (TPSA) is 35.5 Å². The van der Waals surface area contributed by atoms with E-state index in [1.807, 2.05) is 0 Å². The van der Waals surface area contributed by atoms with E-state index in [0.717, 1.165) is 12.8 Å². The summed E-state index contributed by atoms with van der Waals surface area (Å²) in [6.45, 7) is 9.52. The van der Waals surface area contributed by atoms with E-state index in [2.05, 4.69) is 93.6 Å². The summed E-state index contributed by atoms with van der Waals surface area (Å²) in [5, 5.41) is 2.56. The summed E-state index contributed by atoms with van der Waals surface area (Å²) < 4.78 is 12.5. The van der Waals surface area contributed by atoms with E-state index in [-0.39, 0.29) is 11.0 Å². The lowest BCUT2D eigenvalue weighted by Gasteiger charge is -2.44. The molecule has 0 N–H and O–H groups in total. The van der Waals surface area contributed by atoms with E-state index in [1.54, 1.807) is 0 Å². The Bertz CT molecular complexity index is 800. The minimum absolute atomic E-state index is 0.0361. The van der Waals surface area contributed by atoms with E-state index in [4.69, 9.17) is 9.16 Å². The Hall–Kier alpha value is -2.17. The van der Waals surface area contributed by atoms with Crippen LogP contribution in [-0.4, -0.2) is 27.5 Å². The van der Waals surface area contributed by atoms with Gasteiger partial charge in [-0.3, -0.25) is 4.79 Å². The highest BCUT2D eigenvalue weighted by Crippen LogP contribution is 2.38. The number of hydrogen-bond acceptors (Lipinski definition) is 3. The number of allylic oxidation sites excluding steroid dienone is 2. The molecule has 1 aliphatic rings. The second-order valence-corrected chi connectivity index (χ2v) is 13.5. The Morgan fingerprint density at radius 3 is 1.77 bits per heavy atom. The number of carbonyl (C=O) groups is 1. The van der Waals surface area contributed by atoms with Crippen LogP contribution in [0.15, 0.2) is 72.8 Å². The summed E-state index contributed by atoms with van der Waals surface area (Å²) in [6.07, 6.45) is 6.34. The quantitative estimate of drug-likeness (QED) is 0.368. The van der Waals surface area contributed by atoms with Crippen LogP contribution in [0, 0.1) is 11.8 Å². The van der Waals surface area contributed by atoms with Gasteiger partial charge in [0, 0.05) is 19.4 Å². The van der Waals surface area contributed by atoms with Gasteiger partial charge in [-0.15, -0.1) is 0 Å². The van der Waals surface area contributed by atoms with Crippen molar-refractivity contribution in [1.29, 1.82) is 0 Å². The molecule has 0 heterocycles. The van der Waals surface area contributed by atoms with Gasteiger partial charge in [-0.2, -0.15) is 0 Å². The number of benzene rings is 2. The average molecular weight is 423 g/mol. The third-order valence-corrected chi connectivity index (χ3v) is 11.1. The number of hydrogen-bond donors (Lipinski definition) is 0. The maximum atomic E-state index is 11.3. The lowest BCUT2D eigenvalue weighted by atomic mass is 9.84. The molecule has 0 aliphatic heterocycles. The predicted octanol–water partition coefficient (Wildman–Crippen LogP) is 4.71. The molecule has 4 heteroatoms. The third-order valence-electron chi connectivity index (χ3n) is 6.14. The minimum atomic E-state index is -2.54. The lowest BCUT2D eigenvalue weighted by molar-refractivity contribution is -0.143. The molecule has 1 aliphatic carbocycles.